The van der Waals surface area contributed by atoms with Gasteiger partial charge in [-0.2, -0.15) is 0 Å². The number of rotatable bonds is 10. The number of nitrogens with one attached hydrogen (secondary N) is 1. The van der Waals surface area contributed by atoms with Crippen LogP contribution in [0.25, 0.3) is 21.8 Å². The number of benzene rings is 3. The summed E-state index contributed by atoms with van der Waals surface area (Å²) in [4.78, 5) is 29.1. The van der Waals surface area contributed by atoms with E-state index >= 15 is 0 Å². The number of aromatic nitrogens is 1. The Labute approximate surface area is 188 Å². The van der Waals surface area contributed by atoms with Crippen molar-refractivity contribution in [3.8, 4) is 5.75 Å². The van der Waals surface area contributed by atoms with Crippen LogP contribution >= 0.6 is 0 Å². The number of hydrogen-bond donors (Lipinski definition) is 1. The SMILES string of the molecule is CCCCCCCC(=O)c1ccc2[nH]c3ccc(C(=O)c4ccc(OC)cc4)cc3c2c1. The predicted molar refractivity (Wildman–Crippen MR) is 130 cm³/mol. The smallest absolute Gasteiger partial charge is 0.193 e. The molecule has 0 aliphatic carbocycles. The number of ether oxygens (including phenoxy) is 1. The Balaban J connectivity index is 1.60. The summed E-state index contributed by atoms with van der Waals surface area (Å²) < 4.78 is 5.18. The minimum Gasteiger partial charge on any atom is -0.497 e. The molecule has 4 heteroatoms. The summed E-state index contributed by atoms with van der Waals surface area (Å²) in [7, 11) is 1.60. The van der Waals surface area contributed by atoms with Crippen molar-refractivity contribution >= 4 is 33.4 Å². The number of carbonyl (C=O) groups is 2. The predicted octanol–water partition coefficient (Wildman–Crippen LogP) is 7.10. The molecule has 3 aromatic carbocycles. The molecule has 4 rings (SSSR count). The molecule has 0 spiro atoms. The Kier molecular flexibility index (Phi) is 6.69. The molecule has 4 aromatic rings. The molecule has 0 unspecified atom stereocenters. The van der Waals surface area contributed by atoms with Crippen molar-refractivity contribution in [2.45, 2.75) is 45.4 Å². The van der Waals surface area contributed by atoms with Gasteiger partial charge >= 0.3 is 0 Å². The first kappa shape index (κ1) is 21.8. The maximum Gasteiger partial charge on any atom is 0.193 e. The van der Waals surface area contributed by atoms with Crippen LogP contribution in [0, 0.1) is 0 Å². The molecule has 1 aromatic heterocycles. The number of H-pyrrole nitrogens is 1. The van der Waals surface area contributed by atoms with E-state index in [0.717, 1.165) is 46.0 Å². The maximum absolute atomic E-state index is 13.0. The molecule has 0 aliphatic rings. The third-order valence-electron chi connectivity index (χ3n) is 6.04. The lowest BCUT2D eigenvalue weighted by molar-refractivity contribution is 0.0978. The summed E-state index contributed by atoms with van der Waals surface area (Å²) in [5.74, 6) is 0.864. The summed E-state index contributed by atoms with van der Waals surface area (Å²) in [5, 5.41) is 1.93. The average Bonchev–Trinajstić information content (AvgIpc) is 3.20. The van der Waals surface area contributed by atoms with E-state index in [-0.39, 0.29) is 11.6 Å². The van der Waals surface area contributed by atoms with Crippen molar-refractivity contribution in [2.24, 2.45) is 0 Å². The van der Waals surface area contributed by atoms with E-state index in [4.69, 9.17) is 4.74 Å². The fourth-order valence-corrected chi connectivity index (χ4v) is 4.15. The van der Waals surface area contributed by atoms with Gasteiger partial charge in [0.25, 0.3) is 0 Å². The van der Waals surface area contributed by atoms with Crippen LogP contribution in [0.2, 0.25) is 0 Å². The molecular formula is C28H29NO3. The van der Waals surface area contributed by atoms with E-state index in [9.17, 15) is 9.59 Å². The highest BCUT2D eigenvalue weighted by Gasteiger charge is 2.14. The molecule has 0 radical (unpaired) electrons. The molecule has 1 heterocycles. The molecule has 4 nitrogen and oxygen atoms in total. The third-order valence-corrected chi connectivity index (χ3v) is 6.04. The van der Waals surface area contributed by atoms with Crippen molar-refractivity contribution in [1.29, 1.82) is 0 Å². The first-order valence-corrected chi connectivity index (χ1v) is 11.4. The highest BCUT2D eigenvalue weighted by Crippen LogP contribution is 2.29. The summed E-state index contributed by atoms with van der Waals surface area (Å²) in [6.45, 7) is 2.19. The minimum atomic E-state index is -0.0387. The van der Waals surface area contributed by atoms with Crippen molar-refractivity contribution in [3.05, 3.63) is 77.4 Å². The van der Waals surface area contributed by atoms with E-state index in [1.54, 1.807) is 31.4 Å². The van der Waals surface area contributed by atoms with Gasteiger partial charge in [-0.15, -0.1) is 0 Å². The van der Waals surface area contributed by atoms with Crippen molar-refractivity contribution in [3.63, 3.8) is 0 Å². The van der Waals surface area contributed by atoms with E-state index in [1.807, 2.05) is 36.4 Å². The van der Waals surface area contributed by atoms with Crippen molar-refractivity contribution in [2.75, 3.05) is 7.11 Å². The number of fused-ring (bicyclic) bond motifs is 3. The monoisotopic (exact) mass is 427 g/mol. The Morgan fingerprint density at radius 1 is 0.750 bits per heavy atom. The number of carbonyl (C=O) groups excluding carboxylic acids is 2. The quantitative estimate of drug-likeness (QED) is 0.217. The largest absolute Gasteiger partial charge is 0.497 e. The minimum absolute atomic E-state index is 0.0387. The first-order chi connectivity index (χ1) is 15.6. The van der Waals surface area contributed by atoms with E-state index in [1.165, 1.54) is 19.3 Å². The average molecular weight is 428 g/mol. The van der Waals surface area contributed by atoms with Gasteiger partial charge in [0.15, 0.2) is 11.6 Å². The molecule has 0 fully saturated rings. The van der Waals surface area contributed by atoms with Gasteiger partial charge in [0.1, 0.15) is 5.75 Å². The lowest BCUT2D eigenvalue weighted by atomic mass is 9.99. The second kappa shape index (κ2) is 9.82. The number of unbranched alkanes of at least 4 members (excludes halogenated alkanes) is 4. The van der Waals surface area contributed by atoms with Crippen molar-refractivity contribution in [1.82, 2.24) is 4.98 Å². The maximum atomic E-state index is 13.0. The van der Waals surface area contributed by atoms with Gasteiger partial charge in [0, 0.05) is 44.9 Å². The number of hydrogen-bond acceptors (Lipinski definition) is 3. The highest BCUT2D eigenvalue weighted by molar-refractivity contribution is 6.15. The fraction of sp³-hybridized carbons (Fsp3) is 0.286. The first-order valence-electron chi connectivity index (χ1n) is 11.4. The van der Waals surface area contributed by atoms with Crippen LogP contribution in [0.3, 0.4) is 0 Å². The van der Waals surface area contributed by atoms with Gasteiger partial charge in [0.05, 0.1) is 7.11 Å². The lowest BCUT2D eigenvalue weighted by Crippen LogP contribution is -2.01. The number of methoxy groups -OCH3 is 1. The summed E-state index contributed by atoms with van der Waals surface area (Å²) in [6, 6.07) is 18.6. The molecule has 0 bridgehead atoms. The Hall–Kier alpha value is -3.40. The van der Waals surface area contributed by atoms with E-state index in [2.05, 4.69) is 11.9 Å². The summed E-state index contributed by atoms with van der Waals surface area (Å²) in [6.07, 6.45) is 6.24. The standard InChI is InChI=1S/C28H29NO3/c1-3-4-5-6-7-8-27(30)20-11-15-25-23(17-20)24-18-21(12-16-26(24)29-25)28(31)19-9-13-22(32-2)14-10-19/h9-18,29H,3-8H2,1-2H3. The van der Waals surface area contributed by atoms with Crippen molar-refractivity contribution < 1.29 is 14.3 Å². The second-order valence-corrected chi connectivity index (χ2v) is 8.29. The zero-order valence-corrected chi connectivity index (χ0v) is 18.7. The molecule has 0 saturated heterocycles. The van der Waals surface area contributed by atoms with Gasteiger partial charge in [-0.25, -0.2) is 0 Å². The molecule has 32 heavy (non-hydrogen) atoms. The summed E-state index contributed by atoms with van der Waals surface area (Å²) in [5.41, 5.74) is 3.89. The van der Waals surface area contributed by atoms with Crippen LogP contribution in [-0.4, -0.2) is 23.7 Å². The normalized spacial score (nSPS) is 11.2. The van der Waals surface area contributed by atoms with Gasteiger partial charge in [0.2, 0.25) is 0 Å². The molecule has 0 saturated carbocycles. The number of aromatic amines is 1. The molecule has 0 amide bonds. The van der Waals surface area contributed by atoms with Crippen LogP contribution in [0.4, 0.5) is 0 Å². The van der Waals surface area contributed by atoms with E-state index < -0.39 is 0 Å². The van der Waals surface area contributed by atoms with Crippen LogP contribution in [0.5, 0.6) is 5.75 Å². The molecule has 0 atom stereocenters. The number of Topliss-reactive ketones (excluding diaryl/α,β-unsaturated/α-hetero) is 1. The Bertz CT molecular complexity index is 1250. The van der Waals surface area contributed by atoms with Crippen LogP contribution in [0.15, 0.2) is 60.7 Å². The fourth-order valence-electron chi connectivity index (χ4n) is 4.15. The Morgan fingerprint density at radius 3 is 2.00 bits per heavy atom. The van der Waals surface area contributed by atoms with Gasteiger partial charge in [-0.3, -0.25) is 9.59 Å². The van der Waals surface area contributed by atoms with Gasteiger partial charge < -0.3 is 9.72 Å². The molecule has 1 N–H and O–H groups in total. The lowest BCUT2D eigenvalue weighted by Gasteiger charge is -2.04. The topological polar surface area (TPSA) is 59.2 Å². The zero-order chi connectivity index (χ0) is 22.5. The summed E-state index contributed by atoms with van der Waals surface area (Å²) >= 11 is 0. The molecule has 0 aliphatic heterocycles. The van der Waals surface area contributed by atoms with E-state index in [0.29, 0.717) is 17.5 Å². The second-order valence-electron chi connectivity index (χ2n) is 8.29. The van der Waals surface area contributed by atoms with Crippen LogP contribution in [-0.2, 0) is 0 Å². The van der Waals surface area contributed by atoms with Crippen LogP contribution < -0.4 is 4.74 Å². The number of ketones is 2. The zero-order valence-electron chi connectivity index (χ0n) is 18.7. The Morgan fingerprint density at radius 2 is 1.34 bits per heavy atom. The highest BCUT2D eigenvalue weighted by atomic mass is 16.5. The molecule has 164 valence electrons. The van der Waals surface area contributed by atoms with Gasteiger partial charge in [-0.1, -0.05) is 32.6 Å². The van der Waals surface area contributed by atoms with Crippen LogP contribution in [0.1, 0.15) is 71.7 Å². The molecular weight excluding hydrogens is 398 g/mol. The van der Waals surface area contributed by atoms with Gasteiger partial charge in [-0.05, 0) is 67.1 Å². The third kappa shape index (κ3) is 4.59.